The smallest absolute Gasteiger partial charge is 0.319 e. The van der Waals surface area contributed by atoms with Gasteiger partial charge in [-0.3, -0.25) is 0 Å². The first-order chi connectivity index (χ1) is 10.0. The van der Waals surface area contributed by atoms with E-state index < -0.39 is 6.10 Å². The van der Waals surface area contributed by atoms with Crippen LogP contribution in [0.5, 0.6) is 5.75 Å². The molecule has 0 aliphatic carbocycles. The molecule has 6 heteroatoms. The van der Waals surface area contributed by atoms with E-state index in [1.165, 1.54) is 0 Å². The number of rotatable bonds is 8. The number of ether oxygens (including phenoxy) is 2. The molecule has 118 valence electrons. The predicted molar refractivity (Wildman–Crippen MR) is 81.7 cm³/mol. The van der Waals surface area contributed by atoms with E-state index in [9.17, 15) is 9.90 Å². The molecule has 1 unspecified atom stereocenters. The fourth-order valence-electron chi connectivity index (χ4n) is 1.59. The van der Waals surface area contributed by atoms with E-state index in [0.29, 0.717) is 24.0 Å². The second-order valence-corrected chi connectivity index (χ2v) is 5.15. The molecule has 0 saturated carbocycles. The zero-order valence-corrected chi connectivity index (χ0v) is 12.8. The molecule has 0 aliphatic rings. The van der Waals surface area contributed by atoms with Gasteiger partial charge >= 0.3 is 6.03 Å². The van der Waals surface area contributed by atoms with Crippen LogP contribution in [0.3, 0.4) is 0 Å². The zero-order chi connectivity index (χ0) is 15.7. The van der Waals surface area contributed by atoms with Crippen LogP contribution >= 0.6 is 0 Å². The molecule has 0 aromatic heterocycles. The van der Waals surface area contributed by atoms with E-state index >= 15 is 0 Å². The Morgan fingerprint density at radius 3 is 2.76 bits per heavy atom. The summed E-state index contributed by atoms with van der Waals surface area (Å²) in [5.74, 6) is 1.08. The van der Waals surface area contributed by atoms with Crippen LogP contribution in [0.25, 0.3) is 0 Å². The molecule has 2 amide bonds. The van der Waals surface area contributed by atoms with Gasteiger partial charge in [0.25, 0.3) is 0 Å². The van der Waals surface area contributed by atoms with Crippen LogP contribution in [-0.2, 0) is 4.74 Å². The van der Waals surface area contributed by atoms with Gasteiger partial charge in [0.05, 0.1) is 19.8 Å². The third kappa shape index (κ3) is 7.53. The van der Waals surface area contributed by atoms with Crippen molar-refractivity contribution in [3.63, 3.8) is 0 Å². The molecule has 0 radical (unpaired) electrons. The number of benzene rings is 1. The van der Waals surface area contributed by atoms with Crippen molar-refractivity contribution >= 4 is 11.7 Å². The highest BCUT2D eigenvalue weighted by Gasteiger charge is 2.08. The molecular formula is C15H24N2O4. The maximum Gasteiger partial charge on any atom is 0.319 e. The lowest BCUT2D eigenvalue weighted by Crippen LogP contribution is -2.37. The Kier molecular flexibility index (Phi) is 7.56. The molecule has 21 heavy (non-hydrogen) atoms. The summed E-state index contributed by atoms with van der Waals surface area (Å²) in [5.41, 5.74) is 0.623. The molecule has 1 aromatic carbocycles. The number of carbonyl (C=O) groups is 1. The molecule has 6 nitrogen and oxygen atoms in total. The van der Waals surface area contributed by atoms with Gasteiger partial charge in [0.15, 0.2) is 0 Å². The van der Waals surface area contributed by atoms with Crippen molar-refractivity contribution in [2.24, 2.45) is 5.92 Å². The van der Waals surface area contributed by atoms with Gasteiger partial charge in [-0.05, 0) is 18.1 Å². The molecule has 0 aliphatic heterocycles. The van der Waals surface area contributed by atoms with Crippen LogP contribution in [0.1, 0.15) is 13.8 Å². The lowest BCUT2D eigenvalue weighted by atomic mass is 10.2. The summed E-state index contributed by atoms with van der Waals surface area (Å²) in [6.45, 7) is 5.00. The van der Waals surface area contributed by atoms with Gasteiger partial charge in [-0.2, -0.15) is 0 Å². The van der Waals surface area contributed by atoms with Gasteiger partial charge in [-0.15, -0.1) is 0 Å². The zero-order valence-electron chi connectivity index (χ0n) is 12.8. The van der Waals surface area contributed by atoms with Crippen molar-refractivity contribution in [3.05, 3.63) is 24.3 Å². The van der Waals surface area contributed by atoms with E-state index in [1.807, 2.05) is 13.8 Å². The summed E-state index contributed by atoms with van der Waals surface area (Å²) in [6.07, 6.45) is -0.722. The van der Waals surface area contributed by atoms with E-state index in [0.717, 1.165) is 0 Å². The average Bonchev–Trinajstić information content (AvgIpc) is 2.45. The summed E-state index contributed by atoms with van der Waals surface area (Å²) in [6, 6.07) is 6.65. The van der Waals surface area contributed by atoms with Crippen molar-refractivity contribution in [1.29, 1.82) is 0 Å². The summed E-state index contributed by atoms with van der Waals surface area (Å²) < 4.78 is 10.4. The number of aliphatic hydroxyl groups excluding tert-OH is 1. The fraction of sp³-hybridized carbons (Fsp3) is 0.533. The molecule has 0 heterocycles. The van der Waals surface area contributed by atoms with Crippen molar-refractivity contribution in [3.8, 4) is 5.75 Å². The van der Waals surface area contributed by atoms with Crippen molar-refractivity contribution < 1.29 is 19.4 Å². The summed E-state index contributed by atoms with van der Waals surface area (Å²) >= 11 is 0. The topological polar surface area (TPSA) is 79.8 Å². The highest BCUT2D eigenvalue weighted by molar-refractivity contribution is 5.89. The molecular weight excluding hydrogens is 272 g/mol. The molecule has 1 atom stereocenters. The van der Waals surface area contributed by atoms with Crippen LogP contribution in [0.15, 0.2) is 24.3 Å². The molecule has 0 spiro atoms. The minimum atomic E-state index is -0.722. The average molecular weight is 296 g/mol. The molecule has 0 saturated heterocycles. The van der Waals surface area contributed by atoms with Gasteiger partial charge in [0.2, 0.25) is 0 Å². The first-order valence-electron chi connectivity index (χ1n) is 6.96. The quantitative estimate of drug-likeness (QED) is 0.684. The third-order valence-corrected chi connectivity index (χ3v) is 2.59. The minimum Gasteiger partial charge on any atom is -0.497 e. The lowest BCUT2D eigenvalue weighted by Gasteiger charge is -2.14. The minimum absolute atomic E-state index is 0.133. The fourth-order valence-corrected chi connectivity index (χ4v) is 1.59. The largest absolute Gasteiger partial charge is 0.497 e. The number of hydrogen-bond donors (Lipinski definition) is 3. The third-order valence-electron chi connectivity index (χ3n) is 2.59. The molecule has 0 fully saturated rings. The van der Waals surface area contributed by atoms with Crippen LogP contribution in [-0.4, -0.2) is 44.1 Å². The Hall–Kier alpha value is -1.79. The van der Waals surface area contributed by atoms with Crippen molar-refractivity contribution in [1.82, 2.24) is 5.32 Å². The van der Waals surface area contributed by atoms with Crippen LogP contribution < -0.4 is 15.4 Å². The number of anilines is 1. The van der Waals surface area contributed by atoms with Crippen LogP contribution in [0.2, 0.25) is 0 Å². The number of urea groups is 1. The maximum atomic E-state index is 11.7. The Morgan fingerprint density at radius 2 is 2.10 bits per heavy atom. The number of hydrogen-bond acceptors (Lipinski definition) is 4. The Bertz CT molecular complexity index is 437. The standard InChI is InChI=1S/C15H24N2O4/c1-11(2)9-21-10-13(18)8-16-15(19)17-12-5-4-6-14(7-12)20-3/h4-7,11,13,18H,8-10H2,1-3H3,(H2,16,17,19). The summed E-state index contributed by atoms with van der Waals surface area (Å²) in [5, 5.41) is 14.9. The van der Waals surface area contributed by atoms with Gasteiger partial charge in [0.1, 0.15) is 5.75 Å². The van der Waals surface area contributed by atoms with Gasteiger partial charge < -0.3 is 25.2 Å². The highest BCUT2D eigenvalue weighted by atomic mass is 16.5. The monoisotopic (exact) mass is 296 g/mol. The van der Waals surface area contributed by atoms with Gasteiger partial charge in [-0.1, -0.05) is 19.9 Å². The van der Waals surface area contributed by atoms with E-state index in [-0.39, 0.29) is 19.2 Å². The number of nitrogens with one attached hydrogen (secondary N) is 2. The van der Waals surface area contributed by atoms with Crippen LogP contribution in [0, 0.1) is 5.92 Å². The second-order valence-electron chi connectivity index (χ2n) is 5.15. The first kappa shape index (κ1) is 17.3. The van der Waals surface area contributed by atoms with E-state index in [4.69, 9.17) is 9.47 Å². The lowest BCUT2D eigenvalue weighted by molar-refractivity contribution is 0.0274. The number of aliphatic hydroxyl groups is 1. The Labute approximate surface area is 125 Å². The SMILES string of the molecule is COc1cccc(NC(=O)NCC(O)COCC(C)C)c1. The number of methoxy groups -OCH3 is 1. The normalized spacial score (nSPS) is 12.0. The number of carbonyl (C=O) groups excluding carboxylic acids is 1. The predicted octanol–water partition coefficient (Wildman–Crippen LogP) is 1.85. The summed E-state index contributed by atoms with van der Waals surface area (Å²) in [4.78, 5) is 11.7. The Morgan fingerprint density at radius 1 is 1.33 bits per heavy atom. The Balaban J connectivity index is 2.27. The molecule has 3 N–H and O–H groups in total. The first-order valence-corrected chi connectivity index (χ1v) is 6.96. The molecule has 1 rings (SSSR count). The van der Waals surface area contributed by atoms with Gasteiger partial charge in [0, 0.05) is 24.9 Å². The maximum absolute atomic E-state index is 11.7. The van der Waals surface area contributed by atoms with Crippen molar-refractivity contribution in [2.75, 3.05) is 32.2 Å². The summed E-state index contributed by atoms with van der Waals surface area (Å²) in [7, 11) is 1.56. The molecule has 0 bridgehead atoms. The van der Waals surface area contributed by atoms with E-state index in [2.05, 4.69) is 10.6 Å². The van der Waals surface area contributed by atoms with Gasteiger partial charge in [-0.25, -0.2) is 4.79 Å². The van der Waals surface area contributed by atoms with Crippen LogP contribution in [0.4, 0.5) is 10.5 Å². The van der Waals surface area contributed by atoms with E-state index in [1.54, 1.807) is 31.4 Å². The molecule has 1 aromatic rings. The second kappa shape index (κ2) is 9.20. The number of amides is 2. The van der Waals surface area contributed by atoms with Crippen molar-refractivity contribution in [2.45, 2.75) is 20.0 Å². The highest BCUT2D eigenvalue weighted by Crippen LogP contribution is 2.16.